The van der Waals surface area contributed by atoms with E-state index in [2.05, 4.69) is 42.7 Å². The molecule has 0 spiro atoms. The molecule has 0 aliphatic rings. The van der Waals surface area contributed by atoms with Gasteiger partial charge >= 0.3 is 0 Å². The summed E-state index contributed by atoms with van der Waals surface area (Å²) in [5, 5.41) is 3.25. The predicted molar refractivity (Wildman–Crippen MR) is 96.1 cm³/mol. The third kappa shape index (κ3) is 14.3. The summed E-state index contributed by atoms with van der Waals surface area (Å²) in [4.78, 5) is 4.81. The molecule has 0 rings (SSSR count). The maximum absolute atomic E-state index is 4.27. The van der Waals surface area contributed by atoms with Gasteiger partial charge in [0.1, 0.15) is 0 Å². The Morgan fingerprint density at radius 2 is 1.62 bits per heavy atom. The van der Waals surface area contributed by atoms with Crippen molar-refractivity contribution in [3.8, 4) is 0 Å². The molecule has 0 aromatic rings. The van der Waals surface area contributed by atoms with Crippen molar-refractivity contribution >= 4 is 0 Å². The van der Waals surface area contributed by atoms with Crippen molar-refractivity contribution in [1.82, 2.24) is 15.1 Å². The van der Waals surface area contributed by atoms with Crippen molar-refractivity contribution in [2.45, 2.75) is 51.9 Å². The van der Waals surface area contributed by atoms with Crippen LogP contribution in [0.15, 0.2) is 12.2 Å². The van der Waals surface area contributed by atoms with Crippen molar-refractivity contribution in [2.24, 2.45) is 0 Å². The van der Waals surface area contributed by atoms with Crippen molar-refractivity contribution in [3.63, 3.8) is 0 Å². The van der Waals surface area contributed by atoms with Gasteiger partial charge < -0.3 is 15.1 Å². The maximum Gasteiger partial charge on any atom is 0.0110 e. The lowest BCUT2D eigenvalue weighted by Crippen LogP contribution is -2.36. The quantitative estimate of drug-likeness (QED) is 0.369. The van der Waals surface area contributed by atoms with E-state index in [1.54, 1.807) is 0 Å². The molecule has 21 heavy (non-hydrogen) atoms. The first kappa shape index (κ1) is 20.6. The topological polar surface area (TPSA) is 18.5 Å². The van der Waals surface area contributed by atoms with E-state index in [0.717, 1.165) is 39.1 Å². The number of nitrogens with zero attached hydrogens (tertiary/aromatic N) is 2. The summed E-state index contributed by atoms with van der Waals surface area (Å²) in [6, 6.07) is 0. The molecular weight excluding hydrogens is 258 g/mol. The first-order valence-corrected chi connectivity index (χ1v) is 8.78. The number of likely N-dealkylation sites (N-methyl/N-ethyl adjacent to an activating group) is 2. The summed E-state index contributed by atoms with van der Waals surface area (Å²) >= 11 is 0. The Kier molecular flexibility index (Phi) is 14.3. The first-order valence-electron chi connectivity index (χ1n) is 8.78. The van der Waals surface area contributed by atoms with E-state index >= 15 is 0 Å². The highest BCUT2D eigenvalue weighted by Crippen LogP contribution is 2.12. The Morgan fingerprint density at radius 3 is 2.24 bits per heavy atom. The average Bonchev–Trinajstić information content (AvgIpc) is 2.46. The lowest BCUT2D eigenvalue weighted by Gasteiger charge is -2.24. The Bertz CT molecular complexity index is 239. The standard InChI is InChI=1S/C18H39N3/c1-6-7-8-9-10-11-18(2)12-14-21(15-13-19-3)17-16-20(4)5/h19H,2,6-17H2,1,3-5H3. The van der Waals surface area contributed by atoms with E-state index in [0.29, 0.717) is 0 Å². The van der Waals surface area contributed by atoms with Crippen LogP contribution in [-0.4, -0.2) is 63.7 Å². The fraction of sp³-hybridized carbons (Fsp3) is 0.889. The molecule has 0 aromatic carbocycles. The van der Waals surface area contributed by atoms with Crippen LogP contribution in [0, 0.1) is 0 Å². The van der Waals surface area contributed by atoms with E-state index in [-0.39, 0.29) is 0 Å². The Balaban J connectivity index is 3.78. The summed E-state index contributed by atoms with van der Waals surface area (Å²) in [6.45, 7) is 12.2. The number of hydrogen-bond donors (Lipinski definition) is 1. The van der Waals surface area contributed by atoms with Gasteiger partial charge in [-0.2, -0.15) is 0 Å². The van der Waals surface area contributed by atoms with Crippen molar-refractivity contribution in [3.05, 3.63) is 12.2 Å². The fourth-order valence-corrected chi connectivity index (χ4v) is 2.37. The number of nitrogens with one attached hydrogen (secondary N) is 1. The van der Waals surface area contributed by atoms with Gasteiger partial charge in [0, 0.05) is 32.7 Å². The van der Waals surface area contributed by atoms with Gasteiger partial charge in [-0.05, 0) is 40.4 Å². The maximum atomic E-state index is 4.27. The molecule has 0 unspecified atom stereocenters. The zero-order chi connectivity index (χ0) is 15.9. The van der Waals surface area contributed by atoms with Crippen LogP contribution in [0.1, 0.15) is 51.9 Å². The summed E-state index contributed by atoms with van der Waals surface area (Å²) in [5.41, 5.74) is 1.44. The van der Waals surface area contributed by atoms with Crippen LogP contribution in [0.5, 0.6) is 0 Å². The second kappa shape index (κ2) is 14.6. The number of rotatable bonds is 15. The molecule has 0 radical (unpaired) electrons. The average molecular weight is 298 g/mol. The number of unbranched alkanes of at least 4 members (excludes halogenated alkanes) is 4. The molecule has 0 bridgehead atoms. The minimum Gasteiger partial charge on any atom is -0.318 e. The molecule has 0 saturated carbocycles. The molecule has 0 atom stereocenters. The largest absolute Gasteiger partial charge is 0.318 e. The Labute approximate surface area is 133 Å². The minimum absolute atomic E-state index is 1.07. The molecule has 3 nitrogen and oxygen atoms in total. The van der Waals surface area contributed by atoms with Gasteiger partial charge in [0.15, 0.2) is 0 Å². The lowest BCUT2D eigenvalue weighted by molar-refractivity contribution is 0.244. The molecule has 0 amide bonds. The van der Waals surface area contributed by atoms with Gasteiger partial charge in [-0.25, -0.2) is 0 Å². The molecule has 0 aliphatic heterocycles. The highest BCUT2D eigenvalue weighted by atomic mass is 15.2. The van der Waals surface area contributed by atoms with Crippen LogP contribution in [0.2, 0.25) is 0 Å². The van der Waals surface area contributed by atoms with Crippen LogP contribution in [-0.2, 0) is 0 Å². The second-order valence-electron chi connectivity index (χ2n) is 6.41. The third-order valence-corrected chi connectivity index (χ3v) is 3.96. The van der Waals surface area contributed by atoms with Gasteiger partial charge in [0.25, 0.3) is 0 Å². The fourth-order valence-electron chi connectivity index (χ4n) is 2.37. The Morgan fingerprint density at radius 1 is 0.905 bits per heavy atom. The van der Waals surface area contributed by atoms with E-state index in [1.807, 2.05) is 7.05 Å². The summed E-state index contributed by atoms with van der Waals surface area (Å²) < 4.78 is 0. The zero-order valence-corrected chi connectivity index (χ0v) is 15.1. The van der Waals surface area contributed by atoms with E-state index in [9.17, 15) is 0 Å². The molecule has 0 aromatic heterocycles. The summed E-state index contributed by atoms with van der Waals surface area (Å²) in [6.07, 6.45) is 9.18. The van der Waals surface area contributed by atoms with Crippen LogP contribution < -0.4 is 5.32 Å². The van der Waals surface area contributed by atoms with E-state index in [1.165, 1.54) is 44.1 Å². The van der Waals surface area contributed by atoms with Crippen molar-refractivity contribution in [1.29, 1.82) is 0 Å². The zero-order valence-electron chi connectivity index (χ0n) is 15.1. The molecule has 0 aliphatic carbocycles. The van der Waals surface area contributed by atoms with Gasteiger partial charge in [0.2, 0.25) is 0 Å². The molecule has 1 N–H and O–H groups in total. The van der Waals surface area contributed by atoms with Crippen molar-refractivity contribution in [2.75, 3.05) is 53.9 Å². The van der Waals surface area contributed by atoms with E-state index in [4.69, 9.17) is 0 Å². The monoisotopic (exact) mass is 297 g/mol. The first-order chi connectivity index (χ1) is 10.1. The highest BCUT2D eigenvalue weighted by Gasteiger charge is 2.06. The lowest BCUT2D eigenvalue weighted by atomic mass is 10.0. The third-order valence-electron chi connectivity index (χ3n) is 3.96. The highest BCUT2D eigenvalue weighted by molar-refractivity contribution is 4.94. The van der Waals surface area contributed by atoms with Gasteiger partial charge in [-0.15, -0.1) is 0 Å². The molecular formula is C18H39N3. The molecule has 0 heterocycles. The van der Waals surface area contributed by atoms with Crippen molar-refractivity contribution < 1.29 is 0 Å². The molecule has 0 fully saturated rings. The van der Waals surface area contributed by atoms with E-state index < -0.39 is 0 Å². The molecule has 126 valence electrons. The van der Waals surface area contributed by atoms with Crippen LogP contribution in [0.3, 0.4) is 0 Å². The normalized spacial score (nSPS) is 11.5. The van der Waals surface area contributed by atoms with Gasteiger partial charge in [-0.3, -0.25) is 0 Å². The predicted octanol–water partition coefficient (Wildman–Crippen LogP) is 3.38. The molecule has 3 heteroatoms. The Hall–Kier alpha value is -0.380. The second-order valence-corrected chi connectivity index (χ2v) is 6.41. The number of hydrogen-bond acceptors (Lipinski definition) is 3. The van der Waals surface area contributed by atoms with Crippen LogP contribution in [0.25, 0.3) is 0 Å². The van der Waals surface area contributed by atoms with Gasteiger partial charge in [-0.1, -0.05) is 44.8 Å². The molecule has 0 saturated heterocycles. The minimum atomic E-state index is 1.07. The van der Waals surface area contributed by atoms with Crippen LogP contribution >= 0.6 is 0 Å². The van der Waals surface area contributed by atoms with Gasteiger partial charge in [0.05, 0.1) is 0 Å². The summed E-state index contributed by atoms with van der Waals surface area (Å²) in [7, 11) is 6.32. The summed E-state index contributed by atoms with van der Waals surface area (Å²) in [5.74, 6) is 0. The smallest absolute Gasteiger partial charge is 0.0110 e. The van der Waals surface area contributed by atoms with Crippen LogP contribution in [0.4, 0.5) is 0 Å². The SMILES string of the molecule is C=C(CCCCCCC)CCN(CCNC)CCN(C)C.